The molecule has 0 aromatic carbocycles. The highest BCUT2D eigenvalue weighted by atomic mass is 15.0. The Labute approximate surface area is 117 Å². The van der Waals surface area contributed by atoms with Crippen molar-refractivity contribution in [2.24, 2.45) is 5.73 Å². The first-order chi connectivity index (χ1) is 9.21. The van der Waals surface area contributed by atoms with Gasteiger partial charge in [0.2, 0.25) is 0 Å². The monoisotopic (exact) mass is 261 g/mol. The first-order valence-electron chi connectivity index (χ1n) is 7.12. The van der Waals surface area contributed by atoms with Gasteiger partial charge in [-0.2, -0.15) is 0 Å². The van der Waals surface area contributed by atoms with Gasteiger partial charge < -0.3 is 16.4 Å². The van der Waals surface area contributed by atoms with E-state index >= 15 is 0 Å². The lowest BCUT2D eigenvalue weighted by molar-refractivity contribution is 0.320. The average molecular weight is 261 g/mol. The zero-order valence-electron chi connectivity index (χ0n) is 12.0. The molecular formula is C16H27N3. The van der Waals surface area contributed by atoms with E-state index in [1.807, 2.05) is 12.2 Å². The molecule has 3 nitrogen and oxygen atoms in total. The minimum atomic E-state index is 0.473. The standard InChI is InChI=1S/C16H27N3/c1-4-7-13-12-14(10-11-18-13)19-16(9-6-3)15(17)8-5-2/h5-6,8-9,13-14,18-19H,2-4,7,10-12,17H2,1H3/b15-8+,16-9+. The second kappa shape index (κ2) is 8.59. The number of rotatable bonds is 7. The molecular weight excluding hydrogens is 234 g/mol. The van der Waals surface area contributed by atoms with Crippen molar-refractivity contribution in [3.63, 3.8) is 0 Å². The Bertz CT molecular complexity index is 353. The minimum absolute atomic E-state index is 0.473. The minimum Gasteiger partial charge on any atom is -0.397 e. The van der Waals surface area contributed by atoms with Crippen LogP contribution in [0.1, 0.15) is 32.6 Å². The van der Waals surface area contributed by atoms with Crippen molar-refractivity contribution >= 4 is 0 Å². The van der Waals surface area contributed by atoms with Crippen LogP contribution in [0, 0.1) is 0 Å². The predicted octanol–water partition coefficient (Wildman–Crippen LogP) is 2.60. The van der Waals surface area contributed by atoms with Crippen LogP contribution in [0.3, 0.4) is 0 Å². The third-order valence-electron chi connectivity index (χ3n) is 3.38. The zero-order valence-corrected chi connectivity index (χ0v) is 12.0. The highest BCUT2D eigenvalue weighted by Crippen LogP contribution is 2.15. The fourth-order valence-electron chi connectivity index (χ4n) is 2.49. The topological polar surface area (TPSA) is 50.1 Å². The van der Waals surface area contributed by atoms with Gasteiger partial charge in [-0.05, 0) is 38.0 Å². The summed E-state index contributed by atoms with van der Waals surface area (Å²) in [6.45, 7) is 10.7. The van der Waals surface area contributed by atoms with E-state index in [0.717, 1.165) is 25.1 Å². The van der Waals surface area contributed by atoms with E-state index in [9.17, 15) is 0 Å². The van der Waals surface area contributed by atoms with Crippen LogP contribution in [0.5, 0.6) is 0 Å². The first kappa shape index (κ1) is 15.6. The first-order valence-corrected chi connectivity index (χ1v) is 7.12. The lowest BCUT2D eigenvalue weighted by Gasteiger charge is -2.32. The fourth-order valence-corrected chi connectivity index (χ4v) is 2.49. The molecule has 0 aromatic heterocycles. The zero-order chi connectivity index (χ0) is 14.1. The number of nitrogens with one attached hydrogen (secondary N) is 2. The molecule has 1 rings (SSSR count). The molecule has 0 bridgehead atoms. The molecule has 0 aliphatic carbocycles. The van der Waals surface area contributed by atoms with Crippen LogP contribution >= 0.6 is 0 Å². The maximum atomic E-state index is 6.02. The Morgan fingerprint density at radius 2 is 2.11 bits per heavy atom. The van der Waals surface area contributed by atoms with E-state index in [2.05, 4.69) is 30.7 Å². The molecule has 0 spiro atoms. The predicted molar refractivity (Wildman–Crippen MR) is 83.6 cm³/mol. The van der Waals surface area contributed by atoms with Crippen molar-refractivity contribution < 1.29 is 0 Å². The highest BCUT2D eigenvalue weighted by molar-refractivity contribution is 5.32. The molecule has 1 heterocycles. The molecule has 1 aliphatic heterocycles. The van der Waals surface area contributed by atoms with Crippen molar-refractivity contribution in [3.8, 4) is 0 Å². The highest BCUT2D eigenvalue weighted by Gasteiger charge is 2.21. The molecule has 2 atom stereocenters. The molecule has 3 heteroatoms. The Morgan fingerprint density at radius 3 is 2.74 bits per heavy atom. The van der Waals surface area contributed by atoms with Crippen LogP contribution in [0.15, 0.2) is 48.9 Å². The van der Waals surface area contributed by atoms with Gasteiger partial charge in [0.1, 0.15) is 0 Å². The molecule has 0 saturated carbocycles. The van der Waals surface area contributed by atoms with Crippen LogP contribution in [0.2, 0.25) is 0 Å². The lowest BCUT2D eigenvalue weighted by Crippen LogP contribution is -2.46. The lowest BCUT2D eigenvalue weighted by atomic mass is 9.96. The number of piperidine rings is 1. The van der Waals surface area contributed by atoms with Crippen molar-refractivity contribution in [2.75, 3.05) is 6.54 Å². The third kappa shape index (κ3) is 5.35. The van der Waals surface area contributed by atoms with E-state index < -0.39 is 0 Å². The summed E-state index contributed by atoms with van der Waals surface area (Å²) in [6, 6.07) is 1.09. The number of nitrogens with two attached hydrogens (primary N) is 1. The summed E-state index contributed by atoms with van der Waals surface area (Å²) in [7, 11) is 0. The number of allylic oxidation sites excluding steroid dienone is 4. The summed E-state index contributed by atoms with van der Waals surface area (Å²) in [4.78, 5) is 0. The van der Waals surface area contributed by atoms with Crippen LogP contribution in [-0.4, -0.2) is 18.6 Å². The summed E-state index contributed by atoms with van der Waals surface area (Å²) in [5.41, 5.74) is 7.67. The third-order valence-corrected chi connectivity index (χ3v) is 3.38. The summed E-state index contributed by atoms with van der Waals surface area (Å²) < 4.78 is 0. The summed E-state index contributed by atoms with van der Waals surface area (Å²) in [5.74, 6) is 0. The molecule has 1 aliphatic rings. The Morgan fingerprint density at radius 1 is 1.37 bits per heavy atom. The van der Waals surface area contributed by atoms with E-state index in [-0.39, 0.29) is 0 Å². The second-order valence-corrected chi connectivity index (χ2v) is 4.98. The molecule has 106 valence electrons. The molecule has 4 N–H and O–H groups in total. The van der Waals surface area contributed by atoms with Gasteiger partial charge in [0.05, 0.1) is 11.4 Å². The molecule has 2 unspecified atom stereocenters. The van der Waals surface area contributed by atoms with Gasteiger partial charge in [-0.15, -0.1) is 0 Å². The Hall–Kier alpha value is -1.48. The fraction of sp³-hybridized carbons (Fsp3) is 0.500. The summed E-state index contributed by atoms with van der Waals surface area (Å²) >= 11 is 0. The second-order valence-electron chi connectivity index (χ2n) is 4.98. The van der Waals surface area contributed by atoms with E-state index in [1.54, 1.807) is 12.2 Å². The van der Waals surface area contributed by atoms with E-state index in [0.29, 0.717) is 17.8 Å². The molecule has 0 amide bonds. The Balaban J connectivity index is 2.64. The van der Waals surface area contributed by atoms with Crippen LogP contribution in [-0.2, 0) is 0 Å². The number of hydrogen-bond donors (Lipinski definition) is 3. The average Bonchev–Trinajstić information content (AvgIpc) is 2.39. The van der Waals surface area contributed by atoms with Crippen LogP contribution < -0.4 is 16.4 Å². The van der Waals surface area contributed by atoms with Gasteiger partial charge >= 0.3 is 0 Å². The molecule has 1 fully saturated rings. The van der Waals surface area contributed by atoms with E-state index in [1.165, 1.54) is 12.8 Å². The SMILES string of the molecule is C=C/C=C(N)\C(=C/C=C)NC1CCNC(CCC)C1. The van der Waals surface area contributed by atoms with Gasteiger partial charge in [-0.25, -0.2) is 0 Å². The van der Waals surface area contributed by atoms with Crippen molar-refractivity contribution in [1.29, 1.82) is 0 Å². The quantitative estimate of drug-likeness (QED) is 0.617. The Kier molecular flexibility index (Phi) is 7.04. The summed E-state index contributed by atoms with van der Waals surface area (Å²) in [5, 5.41) is 7.11. The smallest absolute Gasteiger partial charge is 0.0575 e. The molecule has 19 heavy (non-hydrogen) atoms. The van der Waals surface area contributed by atoms with Crippen LogP contribution in [0.25, 0.3) is 0 Å². The van der Waals surface area contributed by atoms with Crippen LogP contribution in [0.4, 0.5) is 0 Å². The van der Waals surface area contributed by atoms with Crippen molar-refractivity contribution in [3.05, 3.63) is 48.9 Å². The van der Waals surface area contributed by atoms with Gasteiger partial charge in [0.15, 0.2) is 0 Å². The largest absolute Gasteiger partial charge is 0.397 e. The van der Waals surface area contributed by atoms with Gasteiger partial charge in [-0.3, -0.25) is 0 Å². The maximum Gasteiger partial charge on any atom is 0.0575 e. The van der Waals surface area contributed by atoms with E-state index in [4.69, 9.17) is 5.73 Å². The van der Waals surface area contributed by atoms with Gasteiger partial charge in [0.25, 0.3) is 0 Å². The number of hydrogen-bond acceptors (Lipinski definition) is 3. The normalized spacial score (nSPS) is 24.9. The molecule has 0 radical (unpaired) electrons. The molecule has 0 aromatic rings. The molecule has 1 saturated heterocycles. The summed E-state index contributed by atoms with van der Waals surface area (Å²) in [6.07, 6.45) is 11.9. The van der Waals surface area contributed by atoms with Crippen molar-refractivity contribution in [1.82, 2.24) is 10.6 Å². The maximum absolute atomic E-state index is 6.02. The van der Waals surface area contributed by atoms with Gasteiger partial charge in [-0.1, -0.05) is 38.7 Å². The van der Waals surface area contributed by atoms with Crippen molar-refractivity contribution in [2.45, 2.75) is 44.7 Å². The van der Waals surface area contributed by atoms with Gasteiger partial charge in [0, 0.05) is 12.1 Å².